The maximum absolute atomic E-state index is 13.0. The van der Waals surface area contributed by atoms with Crippen LogP contribution in [0.4, 0.5) is 26.4 Å². The molecular weight excluding hydrogens is 249 g/mol. The third-order valence-electron chi connectivity index (χ3n) is 2.29. The van der Waals surface area contributed by atoms with Crippen molar-refractivity contribution in [3.05, 3.63) is 48.4 Å². The molecule has 0 aliphatic heterocycles. The number of pyridine rings is 1. The van der Waals surface area contributed by atoms with Crippen molar-refractivity contribution >= 4 is 23.3 Å². The monoisotopic (exact) mass is 261 g/mol. The van der Waals surface area contributed by atoms with Gasteiger partial charge in [0.15, 0.2) is 0 Å². The number of carbonyl (C=O) groups is 1. The molecule has 0 saturated heterocycles. The third-order valence-corrected chi connectivity index (χ3v) is 2.29. The van der Waals surface area contributed by atoms with Crippen molar-refractivity contribution in [1.29, 1.82) is 0 Å². The van der Waals surface area contributed by atoms with Gasteiger partial charge < -0.3 is 10.1 Å². The number of carbonyl (C=O) groups excluding carboxylic acids is 1. The predicted octanol–water partition coefficient (Wildman–Crippen LogP) is 3.14. The number of anilines is 3. The smallest absolute Gasteiger partial charge is 0.412 e. The molecule has 1 amide bonds. The fraction of sp³-hybridized carbons (Fsp3) is 0.0769. The van der Waals surface area contributed by atoms with E-state index >= 15 is 0 Å². The van der Waals surface area contributed by atoms with Crippen LogP contribution in [-0.2, 0) is 4.74 Å². The normalized spacial score (nSPS) is 9.79. The minimum absolute atomic E-state index is 0.318. The van der Waals surface area contributed by atoms with Gasteiger partial charge in [-0.3, -0.25) is 5.32 Å². The van der Waals surface area contributed by atoms with Gasteiger partial charge in [0, 0.05) is 5.69 Å². The molecule has 2 N–H and O–H groups in total. The van der Waals surface area contributed by atoms with E-state index in [1.807, 2.05) is 0 Å². The minimum Gasteiger partial charge on any atom is -0.453 e. The Hall–Kier alpha value is -2.63. The Balaban J connectivity index is 2.04. The van der Waals surface area contributed by atoms with Gasteiger partial charge in [-0.25, -0.2) is 14.2 Å². The van der Waals surface area contributed by atoms with Crippen molar-refractivity contribution in [3.63, 3.8) is 0 Å². The number of amides is 1. The first-order chi connectivity index (χ1) is 9.17. The topological polar surface area (TPSA) is 63.2 Å². The maximum Gasteiger partial charge on any atom is 0.412 e. The summed E-state index contributed by atoms with van der Waals surface area (Å²) in [6.07, 6.45) is 0.939. The number of benzene rings is 1. The molecule has 5 nitrogen and oxygen atoms in total. The molecule has 0 unspecified atom stereocenters. The number of hydrogen-bond acceptors (Lipinski definition) is 4. The van der Waals surface area contributed by atoms with Crippen molar-refractivity contribution in [1.82, 2.24) is 4.98 Å². The molecule has 0 aliphatic rings. The van der Waals surface area contributed by atoms with Crippen molar-refractivity contribution in [2.45, 2.75) is 0 Å². The van der Waals surface area contributed by atoms with Gasteiger partial charge in [0.05, 0.1) is 19.0 Å². The summed E-state index contributed by atoms with van der Waals surface area (Å²) in [6, 6.07) is 9.41. The van der Waals surface area contributed by atoms with Crippen LogP contribution in [0, 0.1) is 5.82 Å². The van der Waals surface area contributed by atoms with E-state index in [0.717, 1.165) is 0 Å². The summed E-state index contributed by atoms with van der Waals surface area (Å²) in [7, 11) is 1.27. The summed E-state index contributed by atoms with van der Waals surface area (Å²) < 4.78 is 17.4. The molecule has 19 heavy (non-hydrogen) atoms. The number of hydrogen-bond donors (Lipinski definition) is 2. The summed E-state index contributed by atoms with van der Waals surface area (Å²) in [5.41, 5.74) is 1.30. The van der Waals surface area contributed by atoms with Crippen LogP contribution in [0.25, 0.3) is 0 Å². The highest BCUT2D eigenvalue weighted by Crippen LogP contribution is 2.17. The fourth-order valence-electron chi connectivity index (χ4n) is 1.43. The SMILES string of the molecule is COC(=O)Nc1ccc(Nc2cccc(F)c2)cn1. The number of aromatic nitrogens is 1. The van der Waals surface area contributed by atoms with Crippen LogP contribution in [0.3, 0.4) is 0 Å². The van der Waals surface area contributed by atoms with E-state index in [0.29, 0.717) is 17.2 Å². The molecule has 0 fully saturated rings. The molecule has 2 aromatic rings. The zero-order valence-corrected chi connectivity index (χ0v) is 10.2. The van der Waals surface area contributed by atoms with Crippen molar-refractivity contribution in [2.24, 2.45) is 0 Å². The van der Waals surface area contributed by atoms with Gasteiger partial charge in [0.1, 0.15) is 11.6 Å². The van der Waals surface area contributed by atoms with Gasteiger partial charge in [-0.15, -0.1) is 0 Å². The van der Waals surface area contributed by atoms with Crippen LogP contribution in [-0.4, -0.2) is 18.2 Å². The van der Waals surface area contributed by atoms with Crippen molar-refractivity contribution < 1.29 is 13.9 Å². The van der Waals surface area contributed by atoms with E-state index in [1.54, 1.807) is 24.3 Å². The molecular formula is C13H12FN3O2. The van der Waals surface area contributed by atoms with E-state index in [2.05, 4.69) is 20.4 Å². The standard InChI is InChI=1S/C13H12FN3O2/c1-19-13(18)17-12-6-5-11(8-15-12)16-10-4-2-3-9(14)7-10/h2-8,16H,1H3,(H,15,17,18). The lowest BCUT2D eigenvalue weighted by Crippen LogP contribution is -2.11. The number of nitrogens with one attached hydrogen (secondary N) is 2. The summed E-state index contributed by atoms with van der Waals surface area (Å²) in [5.74, 6) is 0.0542. The Labute approximate surface area is 109 Å². The highest BCUT2D eigenvalue weighted by atomic mass is 19.1. The van der Waals surface area contributed by atoms with Crippen LogP contribution in [0.15, 0.2) is 42.6 Å². The quantitative estimate of drug-likeness (QED) is 0.890. The lowest BCUT2D eigenvalue weighted by Gasteiger charge is -2.07. The van der Waals surface area contributed by atoms with E-state index in [9.17, 15) is 9.18 Å². The van der Waals surface area contributed by atoms with E-state index in [4.69, 9.17) is 0 Å². The Morgan fingerprint density at radius 2 is 2.11 bits per heavy atom. The minimum atomic E-state index is -0.585. The van der Waals surface area contributed by atoms with Crippen LogP contribution < -0.4 is 10.6 Å². The molecule has 0 aliphatic carbocycles. The van der Waals surface area contributed by atoms with Crippen LogP contribution in [0.1, 0.15) is 0 Å². The largest absolute Gasteiger partial charge is 0.453 e. The summed E-state index contributed by atoms with van der Waals surface area (Å²) in [5, 5.41) is 5.42. The van der Waals surface area contributed by atoms with Crippen molar-refractivity contribution in [2.75, 3.05) is 17.7 Å². The van der Waals surface area contributed by atoms with Gasteiger partial charge in [-0.2, -0.15) is 0 Å². The first kappa shape index (κ1) is 12.8. The first-order valence-electron chi connectivity index (χ1n) is 5.51. The Morgan fingerprint density at radius 3 is 2.74 bits per heavy atom. The molecule has 6 heteroatoms. The van der Waals surface area contributed by atoms with Gasteiger partial charge in [-0.05, 0) is 30.3 Å². The van der Waals surface area contributed by atoms with Crippen molar-refractivity contribution in [3.8, 4) is 0 Å². The molecule has 1 heterocycles. The van der Waals surface area contributed by atoms with Crippen LogP contribution in [0.2, 0.25) is 0 Å². The maximum atomic E-state index is 13.0. The highest BCUT2D eigenvalue weighted by Gasteiger charge is 2.02. The number of halogens is 1. The number of nitrogens with zero attached hydrogens (tertiary/aromatic N) is 1. The lowest BCUT2D eigenvalue weighted by atomic mass is 10.3. The molecule has 0 radical (unpaired) electrons. The van der Waals surface area contributed by atoms with Crippen LogP contribution in [0.5, 0.6) is 0 Å². The second kappa shape index (κ2) is 5.81. The molecule has 0 spiro atoms. The second-order valence-electron chi connectivity index (χ2n) is 3.68. The third kappa shape index (κ3) is 3.67. The molecule has 1 aromatic heterocycles. The lowest BCUT2D eigenvalue weighted by molar-refractivity contribution is 0.187. The molecule has 1 aromatic carbocycles. The van der Waals surface area contributed by atoms with Gasteiger partial charge in [-0.1, -0.05) is 6.07 Å². The summed E-state index contributed by atoms with van der Waals surface area (Å²) >= 11 is 0. The van der Waals surface area contributed by atoms with Gasteiger partial charge in [0.2, 0.25) is 0 Å². The zero-order valence-electron chi connectivity index (χ0n) is 10.2. The molecule has 0 atom stereocenters. The number of ether oxygens (including phenoxy) is 1. The molecule has 0 saturated carbocycles. The van der Waals surface area contributed by atoms with Gasteiger partial charge in [0.25, 0.3) is 0 Å². The zero-order chi connectivity index (χ0) is 13.7. The Morgan fingerprint density at radius 1 is 1.26 bits per heavy atom. The Bertz CT molecular complexity index is 572. The van der Waals surface area contributed by atoms with E-state index < -0.39 is 6.09 Å². The predicted molar refractivity (Wildman–Crippen MR) is 69.9 cm³/mol. The first-order valence-corrected chi connectivity index (χ1v) is 5.51. The van der Waals surface area contributed by atoms with Crippen LogP contribution >= 0.6 is 0 Å². The number of rotatable bonds is 3. The van der Waals surface area contributed by atoms with E-state index in [-0.39, 0.29) is 5.82 Å². The van der Waals surface area contributed by atoms with E-state index in [1.165, 1.54) is 25.4 Å². The second-order valence-corrected chi connectivity index (χ2v) is 3.68. The Kier molecular flexibility index (Phi) is 3.92. The highest BCUT2D eigenvalue weighted by molar-refractivity contribution is 5.83. The number of methoxy groups -OCH3 is 1. The average molecular weight is 261 g/mol. The molecule has 98 valence electrons. The average Bonchev–Trinajstić information content (AvgIpc) is 2.41. The van der Waals surface area contributed by atoms with Gasteiger partial charge >= 0.3 is 6.09 Å². The molecule has 0 bridgehead atoms. The summed E-state index contributed by atoms with van der Waals surface area (Å²) in [4.78, 5) is 15.0. The molecule has 2 rings (SSSR count). The summed E-state index contributed by atoms with van der Waals surface area (Å²) in [6.45, 7) is 0. The fourth-order valence-corrected chi connectivity index (χ4v) is 1.43.